The molecule has 0 aliphatic carbocycles. The fourth-order valence-corrected chi connectivity index (χ4v) is 2.43. The number of hydrogen-bond donors (Lipinski definition) is 2. The summed E-state index contributed by atoms with van der Waals surface area (Å²) in [4.78, 5) is 11.9. The molecule has 0 bridgehead atoms. The van der Waals surface area contributed by atoms with Gasteiger partial charge < -0.3 is 15.6 Å². The summed E-state index contributed by atoms with van der Waals surface area (Å²) in [6.45, 7) is 5.62. The number of fused-ring (bicyclic) bond motifs is 1. The van der Waals surface area contributed by atoms with Crippen LogP contribution in [-0.2, 0) is 11.3 Å². The van der Waals surface area contributed by atoms with Gasteiger partial charge in [-0.1, -0.05) is 38.5 Å². The largest absolute Gasteiger partial charge is 0.355 e. The van der Waals surface area contributed by atoms with Crippen molar-refractivity contribution in [3.05, 3.63) is 36.5 Å². The summed E-state index contributed by atoms with van der Waals surface area (Å²) in [5, 5.41) is 4.18. The van der Waals surface area contributed by atoms with E-state index in [1.807, 2.05) is 19.1 Å². The molecule has 3 N–H and O–H groups in total. The molecular weight excluding hydrogens is 298 g/mol. The van der Waals surface area contributed by atoms with Crippen molar-refractivity contribution in [3.8, 4) is 0 Å². The molecule has 2 rings (SSSR count). The number of hydrogen-bond acceptors (Lipinski definition) is 2. The summed E-state index contributed by atoms with van der Waals surface area (Å²) in [6, 6.07) is 10.0. The number of aromatic nitrogens is 1. The van der Waals surface area contributed by atoms with Crippen molar-refractivity contribution in [1.29, 1.82) is 0 Å². The van der Waals surface area contributed by atoms with E-state index in [0.717, 1.165) is 19.4 Å². The summed E-state index contributed by atoms with van der Waals surface area (Å²) in [6.07, 6.45) is 3.92. The number of benzene rings is 1. The molecule has 0 aliphatic heterocycles. The van der Waals surface area contributed by atoms with E-state index in [2.05, 4.69) is 41.2 Å². The first kappa shape index (κ1) is 18.5. The highest BCUT2D eigenvalue weighted by molar-refractivity contribution is 5.85. The van der Waals surface area contributed by atoms with Gasteiger partial charge in [0.15, 0.2) is 0 Å². The Morgan fingerprint density at radius 2 is 2.05 bits per heavy atom. The molecule has 1 aromatic carbocycles. The summed E-state index contributed by atoms with van der Waals surface area (Å²) in [7, 11) is 0. The number of carbonyl (C=O) groups is 1. The van der Waals surface area contributed by atoms with Crippen LogP contribution in [0.4, 0.5) is 0 Å². The number of para-hydroxylation sites is 1. The number of carbonyl (C=O) groups excluding carboxylic acids is 1. The van der Waals surface area contributed by atoms with Crippen LogP contribution < -0.4 is 11.1 Å². The topological polar surface area (TPSA) is 60.1 Å². The highest BCUT2D eigenvalue weighted by Gasteiger charge is 2.18. The van der Waals surface area contributed by atoms with Crippen molar-refractivity contribution in [3.63, 3.8) is 0 Å². The first-order valence-electron chi connectivity index (χ1n) is 7.70. The number of nitrogens with one attached hydrogen (secondary N) is 1. The zero-order valence-corrected chi connectivity index (χ0v) is 14.1. The van der Waals surface area contributed by atoms with Gasteiger partial charge in [0.2, 0.25) is 5.91 Å². The molecule has 2 unspecified atom stereocenters. The maximum absolute atomic E-state index is 11.9. The predicted octanol–water partition coefficient (Wildman–Crippen LogP) is 2.94. The second kappa shape index (κ2) is 8.81. The second-order valence-electron chi connectivity index (χ2n) is 5.62. The molecule has 1 aromatic heterocycles. The molecule has 4 nitrogen and oxygen atoms in total. The van der Waals surface area contributed by atoms with Gasteiger partial charge in [-0.05, 0) is 29.9 Å². The van der Waals surface area contributed by atoms with Crippen molar-refractivity contribution in [2.24, 2.45) is 11.7 Å². The third kappa shape index (κ3) is 4.49. The predicted molar refractivity (Wildman–Crippen MR) is 94.2 cm³/mol. The van der Waals surface area contributed by atoms with Crippen LogP contribution in [0.2, 0.25) is 0 Å². The Bertz CT molecular complexity index is 596. The molecule has 2 aromatic rings. The van der Waals surface area contributed by atoms with Crippen LogP contribution >= 0.6 is 12.4 Å². The van der Waals surface area contributed by atoms with E-state index < -0.39 is 6.04 Å². The van der Waals surface area contributed by atoms with Crippen LogP contribution in [-0.4, -0.2) is 23.1 Å². The van der Waals surface area contributed by atoms with Gasteiger partial charge in [0, 0.05) is 24.8 Å². The van der Waals surface area contributed by atoms with E-state index in [9.17, 15) is 4.79 Å². The van der Waals surface area contributed by atoms with E-state index in [1.54, 1.807) is 0 Å². The van der Waals surface area contributed by atoms with Gasteiger partial charge in [-0.15, -0.1) is 12.4 Å². The normalized spacial score (nSPS) is 13.4. The van der Waals surface area contributed by atoms with Gasteiger partial charge >= 0.3 is 0 Å². The summed E-state index contributed by atoms with van der Waals surface area (Å²) in [5.41, 5.74) is 7.14. The monoisotopic (exact) mass is 323 g/mol. The highest BCUT2D eigenvalue weighted by atomic mass is 35.5. The molecule has 0 saturated heterocycles. The molecule has 0 spiro atoms. The molecule has 0 fully saturated rings. The Balaban J connectivity index is 0.00000242. The third-order valence-electron chi connectivity index (χ3n) is 4.11. The SMILES string of the molecule is CCC(C)C(N)C(=O)NCCCn1ccc2ccccc21.Cl. The van der Waals surface area contributed by atoms with Crippen LogP contribution in [0.25, 0.3) is 10.9 Å². The van der Waals surface area contributed by atoms with Crippen LogP contribution in [0.1, 0.15) is 26.7 Å². The minimum absolute atomic E-state index is 0. The Morgan fingerprint density at radius 3 is 2.77 bits per heavy atom. The fraction of sp³-hybridized carbons (Fsp3) is 0.471. The van der Waals surface area contributed by atoms with Crippen molar-refractivity contribution >= 4 is 29.2 Å². The molecule has 1 amide bonds. The van der Waals surface area contributed by atoms with Crippen LogP contribution in [0.5, 0.6) is 0 Å². The van der Waals surface area contributed by atoms with E-state index >= 15 is 0 Å². The lowest BCUT2D eigenvalue weighted by Crippen LogP contribution is -2.44. The quantitative estimate of drug-likeness (QED) is 0.770. The minimum Gasteiger partial charge on any atom is -0.355 e. The number of rotatable bonds is 7. The van der Waals surface area contributed by atoms with Gasteiger partial charge in [0.1, 0.15) is 0 Å². The molecular formula is C17H26ClN3O. The van der Waals surface area contributed by atoms with Crippen molar-refractivity contribution < 1.29 is 4.79 Å². The van der Waals surface area contributed by atoms with Gasteiger partial charge in [0.25, 0.3) is 0 Å². The average Bonchev–Trinajstić information content (AvgIpc) is 2.93. The maximum Gasteiger partial charge on any atom is 0.237 e. The van der Waals surface area contributed by atoms with Crippen LogP contribution in [0, 0.1) is 5.92 Å². The van der Waals surface area contributed by atoms with E-state index in [4.69, 9.17) is 5.73 Å². The van der Waals surface area contributed by atoms with E-state index in [-0.39, 0.29) is 24.2 Å². The lowest BCUT2D eigenvalue weighted by atomic mass is 9.99. The Labute approximate surface area is 138 Å². The first-order valence-corrected chi connectivity index (χ1v) is 7.70. The van der Waals surface area contributed by atoms with Crippen LogP contribution in [0.15, 0.2) is 36.5 Å². The molecule has 0 radical (unpaired) electrons. The van der Waals surface area contributed by atoms with Crippen molar-refractivity contribution in [2.75, 3.05) is 6.54 Å². The summed E-state index contributed by atoms with van der Waals surface area (Å²) < 4.78 is 2.22. The van der Waals surface area contributed by atoms with Gasteiger partial charge in [-0.2, -0.15) is 0 Å². The lowest BCUT2D eigenvalue weighted by Gasteiger charge is -2.17. The number of aryl methyl sites for hydroxylation is 1. The Hall–Kier alpha value is -1.52. The first-order chi connectivity index (χ1) is 10.1. The van der Waals surface area contributed by atoms with E-state index in [1.165, 1.54) is 10.9 Å². The molecule has 5 heteroatoms. The molecule has 0 saturated carbocycles. The van der Waals surface area contributed by atoms with Crippen molar-refractivity contribution in [2.45, 2.75) is 39.3 Å². The second-order valence-corrected chi connectivity index (χ2v) is 5.62. The molecule has 22 heavy (non-hydrogen) atoms. The smallest absolute Gasteiger partial charge is 0.237 e. The third-order valence-corrected chi connectivity index (χ3v) is 4.11. The number of amides is 1. The number of halogens is 1. The van der Waals surface area contributed by atoms with Crippen LogP contribution in [0.3, 0.4) is 0 Å². The summed E-state index contributed by atoms with van der Waals surface area (Å²) >= 11 is 0. The average molecular weight is 324 g/mol. The minimum atomic E-state index is -0.401. The maximum atomic E-state index is 11.9. The zero-order chi connectivity index (χ0) is 15.2. The van der Waals surface area contributed by atoms with E-state index in [0.29, 0.717) is 6.54 Å². The summed E-state index contributed by atoms with van der Waals surface area (Å²) in [5.74, 6) is 0.181. The number of nitrogens with two attached hydrogens (primary N) is 1. The molecule has 0 aliphatic rings. The molecule has 2 atom stereocenters. The molecule has 122 valence electrons. The Kier molecular flexibility index (Phi) is 7.42. The van der Waals surface area contributed by atoms with Crippen molar-refractivity contribution in [1.82, 2.24) is 9.88 Å². The lowest BCUT2D eigenvalue weighted by molar-refractivity contribution is -0.123. The number of nitrogens with zero attached hydrogens (tertiary/aromatic N) is 1. The highest BCUT2D eigenvalue weighted by Crippen LogP contribution is 2.15. The standard InChI is InChI=1S/C17H25N3O.ClH/c1-3-13(2)16(18)17(21)19-10-6-11-20-12-9-14-7-4-5-8-15(14)20;/h4-5,7-9,12-13,16H,3,6,10-11,18H2,1-2H3,(H,19,21);1H. The van der Waals surface area contributed by atoms with Gasteiger partial charge in [-0.25, -0.2) is 0 Å². The zero-order valence-electron chi connectivity index (χ0n) is 13.3. The Morgan fingerprint density at radius 1 is 1.32 bits per heavy atom. The van der Waals surface area contributed by atoms with Gasteiger partial charge in [0.05, 0.1) is 6.04 Å². The fourth-order valence-electron chi connectivity index (χ4n) is 2.43. The molecule has 1 heterocycles. The van der Waals surface area contributed by atoms with Gasteiger partial charge in [-0.3, -0.25) is 4.79 Å².